The van der Waals surface area contributed by atoms with Crippen molar-refractivity contribution in [2.45, 2.75) is 24.5 Å². The van der Waals surface area contributed by atoms with E-state index in [4.69, 9.17) is 0 Å². The lowest BCUT2D eigenvalue weighted by Crippen LogP contribution is -2.42. The van der Waals surface area contributed by atoms with Gasteiger partial charge in [0, 0.05) is 6.42 Å². The minimum Gasteiger partial charge on any atom is -0.424 e. The van der Waals surface area contributed by atoms with E-state index in [-0.39, 0.29) is 0 Å². The number of rotatable bonds is 7. The fraction of sp³-hybridized carbons (Fsp3) is 0.667. The minimum absolute atomic E-state index is 0.887. The minimum atomic E-state index is -9.87. The second kappa shape index (κ2) is 4.43. The first-order valence-corrected chi connectivity index (χ1v) is 7.16. The number of hydrogen-bond acceptors (Lipinski definition) is 7. The van der Waals surface area contributed by atoms with Gasteiger partial charge in [0.15, 0.2) is 5.75 Å². The maximum Gasteiger partial charge on any atom is 0.614 e. The first-order valence-electron chi connectivity index (χ1n) is 5.04. The molecule has 16 heteroatoms. The SMILES string of the molecule is O=[N+]([O-])C(F)(CCc1nnc(CS(F)(F)(F)(F)F)o1)[N+](=O)[O-]. The summed E-state index contributed by atoms with van der Waals surface area (Å²) in [6.45, 7) is 0. The maximum atomic E-state index is 13.3. The van der Waals surface area contributed by atoms with Gasteiger partial charge in [0.25, 0.3) is 10.2 Å². The zero-order valence-corrected chi connectivity index (χ0v) is 10.9. The lowest BCUT2D eigenvalue weighted by molar-refractivity contribution is -0.832. The first-order chi connectivity index (χ1) is 9.52. The fourth-order valence-corrected chi connectivity index (χ4v) is 1.78. The standard InChI is InChI=1S/C6H6F6N4O5S/c7-6(15(17)18,16(19)20)2-1-4-13-14-5(21-4)3-22(8,9,10,11)12/h1-3H2. The zero-order valence-electron chi connectivity index (χ0n) is 10.1. The molecule has 1 rings (SSSR count). The lowest BCUT2D eigenvalue weighted by Gasteiger charge is -2.38. The Bertz CT molecular complexity index is 602. The van der Waals surface area contributed by atoms with Gasteiger partial charge in [-0.05, 0) is 0 Å². The van der Waals surface area contributed by atoms with Crippen molar-refractivity contribution in [2.75, 3.05) is 0 Å². The maximum absolute atomic E-state index is 13.3. The quantitative estimate of drug-likeness (QED) is 0.240. The number of nitro groups is 2. The van der Waals surface area contributed by atoms with Gasteiger partial charge in [0.05, 0.1) is 0 Å². The van der Waals surface area contributed by atoms with Gasteiger partial charge in [-0.1, -0.05) is 23.8 Å². The highest BCUT2D eigenvalue weighted by Crippen LogP contribution is 2.99. The molecule has 1 aromatic rings. The van der Waals surface area contributed by atoms with Crippen LogP contribution < -0.4 is 0 Å². The van der Waals surface area contributed by atoms with E-state index >= 15 is 0 Å². The van der Waals surface area contributed by atoms with Crippen molar-refractivity contribution in [1.82, 2.24) is 10.2 Å². The highest BCUT2D eigenvalue weighted by atomic mass is 32.5. The lowest BCUT2D eigenvalue weighted by atomic mass is 10.2. The summed E-state index contributed by atoms with van der Waals surface area (Å²) in [5.74, 6) is -9.35. The molecule has 1 aromatic heterocycles. The van der Waals surface area contributed by atoms with Crippen molar-refractivity contribution in [3.05, 3.63) is 32.0 Å². The van der Waals surface area contributed by atoms with Crippen LogP contribution in [0.3, 0.4) is 0 Å². The Morgan fingerprint density at radius 1 is 1.05 bits per heavy atom. The number of halogens is 6. The molecule has 22 heavy (non-hydrogen) atoms. The summed E-state index contributed by atoms with van der Waals surface area (Å²) in [7, 11) is -9.87. The summed E-state index contributed by atoms with van der Waals surface area (Å²) in [4.78, 5) is 16.8. The second-order valence-corrected chi connectivity index (χ2v) is 6.64. The van der Waals surface area contributed by atoms with Crippen LogP contribution in [0.2, 0.25) is 0 Å². The highest BCUT2D eigenvalue weighted by Gasteiger charge is 2.64. The third kappa shape index (κ3) is 5.01. The normalized spacial score (nSPS) is 15.9. The van der Waals surface area contributed by atoms with E-state index < -0.39 is 56.4 Å². The van der Waals surface area contributed by atoms with Crippen LogP contribution >= 0.6 is 10.2 Å². The number of aryl methyl sites for hydroxylation is 1. The van der Waals surface area contributed by atoms with E-state index in [0.717, 1.165) is 0 Å². The van der Waals surface area contributed by atoms with Crippen molar-refractivity contribution >= 4 is 10.2 Å². The van der Waals surface area contributed by atoms with Gasteiger partial charge < -0.3 is 4.42 Å². The van der Waals surface area contributed by atoms with Gasteiger partial charge in [-0.2, -0.15) is 0 Å². The zero-order chi connectivity index (χ0) is 17.5. The van der Waals surface area contributed by atoms with Crippen molar-refractivity contribution in [3.63, 3.8) is 0 Å². The van der Waals surface area contributed by atoms with E-state index in [1.165, 1.54) is 0 Å². The number of nitrogens with zero attached hydrogens (tertiary/aromatic N) is 4. The van der Waals surface area contributed by atoms with Gasteiger partial charge in [-0.25, -0.2) is 0 Å². The molecular formula is C6H6F6N4O5S. The van der Waals surface area contributed by atoms with Crippen molar-refractivity contribution in [1.29, 1.82) is 0 Å². The number of alkyl halides is 1. The smallest absolute Gasteiger partial charge is 0.424 e. The summed E-state index contributed by atoms with van der Waals surface area (Å²) >= 11 is 0. The summed E-state index contributed by atoms with van der Waals surface area (Å²) in [6.07, 6.45) is -2.43. The molecule has 0 N–H and O–H groups in total. The van der Waals surface area contributed by atoms with Crippen LogP contribution in [0.5, 0.6) is 0 Å². The second-order valence-electron chi connectivity index (χ2n) is 4.10. The van der Waals surface area contributed by atoms with E-state index in [9.17, 15) is 44.0 Å². The van der Waals surface area contributed by atoms with Crippen LogP contribution in [0.4, 0.5) is 23.8 Å². The van der Waals surface area contributed by atoms with Crippen LogP contribution in [0.25, 0.3) is 0 Å². The van der Waals surface area contributed by atoms with E-state index in [1.807, 2.05) is 0 Å². The van der Waals surface area contributed by atoms with Gasteiger partial charge >= 0.3 is 5.92 Å². The van der Waals surface area contributed by atoms with Crippen molar-refractivity contribution in [2.24, 2.45) is 0 Å². The molecule has 0 fully saturated rings. The molecule has 128 valence electrons. The van der Waals surface area contributed by atoms with Crippen LogP contribution in [-0.4, -0.2) is 26.0 Å². The molecule has 0 atom stereocenters. The van der Waals surface area contributed by atoms with Gasteiger partial charge in [-0.15, -0.1) is 10.2 Å². The monoisotopic (exact) mass is 360 g/mol. The van der Waals surface area contributed by atoms with Gasteiger partial charge in [0.1, 0.15) is 16.3 Å². The Balaban J connectivity index is 2.83. The summed E-state index contributed by atoms with van der Waals surface area (Å²) in [5.41, 5.74) is 0. The summed E-state index contributed by atoms with van der Waals surface area (Å²) in [5, 5.41) is 26.0. The molecule has 0 bridgehead atoms. The molecule has 0 aliphatic rings. The van der Waals surface area contributed by atoms with E-state index in [0.29, 0.717) is 0 Å². The van der Waals surface area contributed by atoms with Crippen LogP contribution in [0.1, 0.15) is 18.2 Å². The number of aromatic nitrogens is 2. The highest BCUT2D eigenvalue weighted by molar-refractivity contribution is 8.45. The predicted molar refractivity (Wildman–Crippen MR) is 57.3 cm³/mol. The first kappa shape index (κ1) is 17.9. The van der Waals surface area contributed by atoms with Gasteiger partial charge in [0.2, 0.25) is 11.8 Å². The molecule has 0 saturated heterocycles. The molecule has 0 aliphatic heterocycles. The summed E-state index contributed by atoms with van der Waals surface area (Å²) < 4.78 is 78.1. The molecule has 0 spiro atoms. The summed E-state index contributed by atoms with van der Waals surface area (Å²) in [6, 6.07) is 0. The van der Waals surface area contributed by atoms with Crippen LogP contribution in [0.15, 0.2) is 4.42 Å². The van der Waals surface area contributed by atoms with Crippen LogP contribution in [-0.2, 0) is 12.2 Å². The Labute approximate surface area is 116 Å². The molecule has 1 heterocycles. The fourth-order valence-electron chi connectivity index (χ4n) is 1.20. The Hall–Kier alpha value is -2.13. The van der Waals surface area contributed by atoms with Crippen molar-refractivity contribution < 1.29 is 38.1 Å². The van der Waals surface area contributed by atoms with Crippen molar-refractivity contribution in [3.8, 4) is 0 Å². The van der Waals surface area contributed by atoms with E-state index in [2.05, 4.69) is 14.6 Å². The Morgan fingerprint density at radius 2 is 1.50 bits per heavy atom. The van der Waals surface area contributed by atoms with Crippen LogP contribution in [0, 0.1) is 20.2 Å². The van der Waals surface area contributed by atoms with E-state index in [1.54, 1.807) is 0 Å². The average molecular weight is 360 g/mol. The predicted octanol–water partition coefficient (Wildman–Crippen LogP) is 2.98. The molecule has 0 amide bonds. The molecule has 0 aliphatic carbocycles. The molecule has 0 saturated carbocycles. The molecule has 0 radical (unpaired) electrons. The average Bonchev–Trinajstić information content (AvgIpc) is 2.68. The molecule has 0 aromatic carbocycles. The number of hydrogen-bond donors (Lipinski definition) is 0. The largest absolute Gasteiger partial charge is 0.614 e. The topological polar surface area (TPSA) is 125 Å². The Kier molecular flexibility index (Phi) is 3.61. The molecule has 9 nitrogen and oxygen atoms in total. The third-order valence-corrected chi connectivity index (χ3v) is 2.91. The Morgan fingerprint density at radius 3 is 1.91 bits per heavy atom. The third-order valence-electron chi connectivity index (χ3n) is 2.12. The van der Waals surface area contributed by atoms with Gasteiger partial charge in [-0.3, -0.25) is 20.2 Å². The molecule has 0 unspecified atom stereocenters. The molecular weight excluding hydrogens is 354 g/mol.